The number of rotatable bonds is 7. The highest BCUT2D eigenvalue weighted by atomic mass is 32.1. The summed E-state index contributed by atoms with van der Waals surface area (Å²) >= 11 is 0.839. The number of nitrogens with one attached hydrogen (secondary N) is 1. The first kappa shape index (κ1) is 20.1. The van der Waals surface area contributed by atoms with E-state index in [1.807, 2.05) is 0 Å². The zero-order chi connectivity index (χ0) is 18.5. The summed E-state index contributed by atoms with van der Waals surface area (Å²) in [5.41, 5.74) is 0.520. The Hall–Kier alpha value is -1.96. The van der Waals surface area contributed by atoms with Crippen LogP contribution in [0.2, 0.25) is 0 Å². The average Bonchev–Trinajstić information content (AvgIpc) is 2.80. The highest BCUT2D eigenvalue weighted by Gasteiger charge is 2.33. The van der Waals surface area contributed by atoms with Gasteiger partial charge >= 0.3 is 12.1 Å². The van der Waals surface area contributed by atoms with Gasteiger partial charge in [0.05, 0.1) is 18.2 Å². The molecule has 0 saturated carbocycles. The lowest BCUT2D eigenvalue weighted by atomic mass is 10.2. The van der Waals surface area contributed by atoms with Gasteiger partial charge in [0, 0.05) is 17.7 Å². The molecule has 0 aliphatic rings. The van der Waals surface area contributed by atoms with Crippen LogP contribution < -0.4 is 0 Å². The maximum atomic E-state index is 12.7. The van der Waals surface area contributed by atoms with Crippen molar-refractivity contribution in [2.75, 3.05) is 0 Å². The Morgan fingerprint density at radius 3 is 2.54 bits per heavy atom. The Bertz CT molecular complexity index is 661. The van der Waals surface area contributed by atoms with E-state index in [4.69, 9.17) is 10.1 Å². The number of hydrogen-bond donors (Lipinski definition) is 1. The Balaban J connectivity index is 3.28. The van der Waals surface area contributed by atoms with E-state index in [0.717, 1.165) is 11.3 Å². The number of thiazole rings is 1. The molecule has 1 N–H and O–H groups in total. The van der Waals surface area contributed by atoms with E-state index in [-0.39, 0.29) is 15.6 Å². The molecule has 1 aromatic heterocycles. The third-order valence-corrected chi connectivity index (χ3v) is 3.82. The number of carbonyl (C=O) groups is 1. The topological polar surface area (TPSA) is 63.0 Å². The molecular formula is C16H19F3N2O2S. The second-order valence-electron chi connectivity index (χ2n) is 5.39. The standard InChI is InChI=1S/C16H19F3N2O2S/c1-5-11(7-6-10(4)20)14-21-12(8-16(17,18)19)13(24-14)15(22)23-9(2)3/h5,7,9,20H,1,6,8H2,2-4H3/b11-7+,20-10?. The highest BCUT2D eigenvalue weighted by Crippen LogP contribution is 2.31. The second kappa shape index (κ2) is 8.23. The van der Waals surface area contributed by atoms with E-state index in [9.17, 15) is 18.0 Å². The van der Waals surface area contributed by atoms with Gasteiger partial charge in [-0.2, -0.15) is 13.2 Å². The maximum Gasteiger partial charge on any atom is 0.394 e. The average molecular weight is 360 g/mol. The summed E-state index contributed by atoms with van der Waals surface area (Å²) in [6.07, 6.45) is -2.83. The fraction of sp³-hybridized carbons (Fsp3) is 0.438. The minimum absolute atomic E-state index is 0.157. The van der Waals surface area contributed by atoms with Gasteiger partial charge in [-0.1, -0.05) is 18.7 Å². The van der Waals surface area contributed by atoms with Crippen LogP contribution in [0.4, 0.5) is 13.2 Å². The van der Waals surface area contributed by atoms with Crippen molar-refractivity contribution in [3.05, 3.63) is 34.3 Å². The number of alkyl halides is 3. The van der Waals surface area contributed by atoms with Crippen LogP contribution in [0.3, 0.4) is 0 Å². The van der Waals surface area contributed by atoms with Crippen LogP contribution in [0.25, 0.3) is 5.57 Å². The lowest BCUT2D eigenvalue weighted by Crippen LogP contribution is -2.17. The SMILES string of the molecule is C=C/C(=C\CC(C)=N)c1nc(CC(F)(F)F)c(C(=O)OC(C)C)s1. The van der Waals surface area contributed by atoms with Gasteiger partial charge in [0.1, 0.15) is 9.88 Å². The first-order chi connectivity index (χ1) is 11.0. The lowest BCUT2D eigenvalue weighted by molar-refractivity contribution is -0.127. The first-order valence-electron chi connectivity index (χ1n) is 7.18. The Morgan fingerprint density at radius 2 is 2.08 bits per heavy atom. The summed E-state index contributed by atoms with van der Waals surface area (Å²) in [7, 11) is 0. The highest BCUT2D eigenvalue weighted by molar-refractivity contribution is 7.14. The zero-order valence-electron chi connectivity index (χ0n) is 13.7. The third kappa shape index (κ3) is 6.27. The predicted molar refractivity (Wildman–Crippen MR) is 88.6 cm³/mol. The molecule has 4 nitrogen and oxygen atoms in total. The predicted octanol–water partition coefficient (Wildman–Crippen LogP) is 4.81. The third-order valence-electron chi connectivity index (χ3n) is 2.69. The van der Waals surface area contributed by atoms with Crippen molar-refractivity contribution in [3.8, 4) is 0 Å². The minimum atomic E-state index is -4.48. The van der Waals surface area contributed by atoms with Gasteiger partial charge in [0.15, 0.2) is 0 Å². The van der Waals surface area contributed by atoms with Crippen molar-refractivity contribution < 1.29 is 22.7 Å². The van der Waals surface area contributed by atoms with Crippen molar-refractivity contribution in [2.45, 2.75) is 45.9 Å². The van der Waals surface area contributed by atoms with Crippen LogP contribution in [0.1, 0.15) is 47.6 Å². The number of carbonyl (C=O) groups excluding carboxylic acids is 1. The minimum Gasteiger partial charge on any atom is -0.459 e. The molecule has 132 valence electrons. The Labute approximate surface area is 142 Å². The second-order valence-corrected chi connectivity index (χ2v) is 6.39. The molecule has 1 aromatic rings. The van der Waals surface area contributed by atoms with Gasteiger partial charge in [-0.25, -0.2) is 9.78 Å². The Morgan fingerprint density at radius 1 is 1.46 bits per heavy atom. The summed E-state index contributed by atoms with van der Waals surface area (Å²) < 4.78 is 43.2. The maximum absolute atomic E-state index is 12.7. The number of aromatic nitrogens is 1. The van der Waals surface area contributed by atoms with Gasteiger partial charge in [-0.15, -0.1) is 11.3 Å². The summed E-state index contributed by atoms with van der Waals surface area (Å²) in [5.74, 6) is -0.820. The van der Waals surface area contributed by atoms with Gasteiger partial charge in [0.25, 0.3) is 0 Å². The van der Waals surface area contributed by atoms with Crippen molar-refractivity contribution in [1.82, 2.24) is 4.98 Å². The van der Waals surface area contributed by atoms with E-state index in [1.54, 1.807) is 26.8 Å². The number of hydrogen-bond acceptors (Lipinski definition) is 5. The number of ether oxygens (including phenoxy) is 1. The summed E-state index contributed by atoms with van der Waals surface area (Å²) in [5, 5.41) is 7.67. The fourth-order valence-corrected chi connectivity index (χ4v) is 2.73. The van der Waals surface area contributed by atoms with Crippen LogP contribution in [0, 0.1) is 5.41 Å². The monoisotopic (exact) mass is 360 g/mol. The van der Waals surface area contributed by atoms with Gasteiger partial charge in [0.2, 0.25) is 0 Å². The van der Waals surface area contributed by atoms with Crippen LogP contribution in [-0.4, -0.2) is 28.9 Å². The first-order valence-corrected chi connectivity index (χ1v) is 7.99. The molecule has 0 aliphatic carbocycles. The van der Waals surface area contributed by atoms with Gasteiger partial charge in [-0.3, -0.25) is 0 Å². The lowest BCUT2D eigenvalue weighted by Gasteiger charge is -2.08. The van der Waals surface area contributed by atoms with E-state index in [0.29, 0.717) is 17.7 Å². The Kier molecular flexibility index (Phi) is 6.89. The van der Waals surface area contributed by atoms with Crippen LogP contribution >= 0.6 is 11.3 Å². The number of esters is 1. The fourth-order valence-electron chi connectivity index (χ4n) is 1.73. The van der Waals surface area contributed by atoms with Crippen molar-refractivity contribution in [3.63, 3.8) is 0 Å². The van der Waals surface area contributed by atoms with Gasteiger partial charge < -0.3 is 10.1 Å². The van der Waals surface area contributed by atoms with Crippen molar-refractivity contribution in [2.24, 2.45) is 0 Å². The molecule has 0 radical (unpaired) electrons. The summed E-state index contributed by atoms with van der Waals surface area (Å²) in [6, 6.07) is 0. The number of halogens is 3. The quantitative estimate of drug-likeness (QED) is 0.431. The molecule has 1 rings (SSSR count). The molecule has 0 aromatic carbocycles. The smallest absolute Gasteiger partial charge is 0.394 e. The normalized spacial score (nSPS) is 12.4. The van der Waals surface area contributed by atoms with Crippen LogP contribution in [-0.2, 0) is 11.2 Å². The molecule has 24 heavy (non-hydrogen) atoms. The molecule has 0 unspecified atom stereocenters. The largest absolute Gasteiger partial charge is 0.459 e. The molecule has 0 bridgehead atoms. The van der Waals surface area contributed by atoms with Crippen molar-refractivity contribution >= 4 is 28.6 Å². The molecule has 0 spiro atoms. The summed E-state index contributed by atoms with van der Waals surface area (Å²) in [6.45, 7) is 8.45. The molecular weight excluding hydrogens is 341 g/mol. The van der Waals surface area contributed by atoms with Gasteiger partial charge in [-0.05, 0) is 20.8 Å². The molecule has 8 heteroatoms. The number of nitrogens with zero attached hydrogens (tertiary/aromatic N) is 1. The molecule has 1 heterocycles. The number of allylic oxidation sites excluding steroid dienone is 3. The zero-order valence-corrected chi connectivity index (χ0v) is 14.5. The van der Waals surface area contributed by atoms with E-state index < -0.39 is 24.7 Å². The van der Waals surface area contributed by atoms with E-state index >= 15 is 0 Å². The molecule has 0 atom stereocenters. The van der Waals surface area contributed by atoms with Crippen molar-refractivity contribution in [1.29, 1.82) is 5.41 Å². The molecule has 0 aliphatic heterocycles. The van der Waals surface area contributed by atoms with Crippen LogP contribution in [0.5, 0.6) is 0 Å². The summed E-state index contributed by atoms with van der Waals surface area (Å²) in [4.78, 5) is 15.9. The van der Waals surface area contributed by atoms with Crippen LogP contribution in [0.15, 0.2) is 18.7 Å². The molecule has 0 amide bonds. The van der Waals surface area contributed by atoms with E-state index in [1.165, 1.54) is 6.08 Å². The van der Waals surface area contributed by atoms with E-state index in [2.05, 4.69) is 11.6 Å². The molecule has 0 saturated heterocycles. The molecule has 0 fully saturated rings.